The molecule has 3 heterocycles. The SMILES string of the molecule is CCn1ncc2c1[C@H](COC)CN(Cc1ccco1)C2. The van der Waals surface area contributed by atoms with E-state index < -0.39 is 0 Å². The second kappa shape index (κ2) is 5.81. The first-order valence-corrected chi connectivity index (χ1v) is 7.10. The van der Waals surface area contributed by atoms with E-state index in [2.05, 4.69) is 21.6 Å². The van der Waals surface area contributed by atoms with Crippen molar-refractivity contribution in [2.24, 2.45) is 0 Å². The van der Waals surface area contributed by atoms with Gasteiger partial charge in [-0.15, -0.1) is 0 Å². The van der Waals surface area contributed by atoms with E-state index in [1.165, 1.54) is 11.3 Å². The zero-order valence-corrected chi connectivity index (χ0v) is 12.1. The lowest BCUT2D eigenvalue weighted by Gasteiger charge is -2.32. The minimum atomic E-state index is 0.376. The van der Waals surface area contributed by atoms with Gasteiger partial charge in [0.15, 0.2) is 0 Å². The van der Waals surface area contributed by atoms with E-state index in [1.54, 1.807) is 13.4 Å². The maximum Gasteiger partial charge on any atom is 0.117 e. The lowest BCUT2D eigenvalue weighted by atomic mass is 9.96. The minimum Gasteiger partial charge on any atom is -0.468 e. The molecular weight excluding hydrogens is 254 g/mol. The van der Waals surface area contributed by atoms with Crippen molar-refractivity contribution in [2.45, 2.75) is 32.5 Å². The van der Waals surface area contributed by atoms with Gasteiger partial charge in [0, 0.05) is 43.9 Å². The molecular formula is C15H21N3O2. The zero-order chi connectivity index (χ0) is 13.9. The Hall–Kier alpha value is -1.59. The Kier molecular flexibility index (Phi) is 3.89. The fourth-order valence-electron chi connectivity index (χ4n) is 3.06. The number of aromatic nitrogens is 2. The van der Waals surface area contributed by atoms with Crippen LogP contribution >= 0.6 is 0 Å². The van der Waals surface area contributed by atoms with Crippen molar-refractivity contribution in [3.63, 3.8) is 0 Å². The van der Waals surface area contributed by atoms with Gasteiger partial charge in [0.2, 0.25) is 0 Å². The third kappa shape index (κ3) is 2.51. The molecule has 0 aliphatic carbocycles. The monoisotopic (exact) mass is 275 g/mol. The summed E-state index contributed by atoms with van der Waals surface area (Å²) in [6.45, 7) is 6.51. The van der Waals surface area contributed by atoms with Gasteiger partial charge >= 0.3 is 0 Å². The molecule has 0 unspecified atom stereocenters. The molecule has 0 spiro atoms. The van der Waals surface area contributed by atoms with Gasteiger partial charge in [-0.1, -0.05) is 0 Å². The van der Waals surface area contributed by atoms with Crippen molar-refractivity contribution in [3.8, 4) is 0 Å². The number of methoxy groups -OCH3 is 1. The highest BCUT2D eigenvalue weighted by Gasteiger charge is 2.29. The van der Waals surface area contributed by atoms with E-state index >= 15 is 0 Å². The summed E-state index contributed by atoms with van der Waals surface area (Å²) in [5.74, 6) is 1.38. The number of ether oxygens (including phenoxy) is 1. The van der Waals surface area contributed by atoms with Crippen LogP contribution in [0.5, 0.6) is 0 Å². The van der Waals surface area contributed by atoms with Crippen molar-refractivity contribution in [2.75, 3.05) is 20.3 Å². The molecule has 2 aromatic heterocycles. The molecule has 0 radical (unpaired) electrons. The molecule has 0 N–H and O–H groups in total. The Balaban J connectivity index is 1.81. The molecule has 5 nitrogen and oxygen atoms in total. The molecule has 5 heteroatoms. The molecule has 0 fully saturated rings. The minimum absolute atomic E-state index is 0.376. The van der Waals surface area contributed by atoms with Crippen LogP contribution in [0.2, 0.25) is 0 Å². The average molecular weight is 275 g/mol. The summed E-state index contributed by atoms with van der Waals surface area (Å²) < 4.78 is 13.0. The Bertz CT molecular complexity index is 547. The van der Waals surface area contributed by atoms with E-state index in [4.69, 9.17) is 9.15 Å². The van der Waals surface area contributed by atoms with Gasteiger partial charge in [-0.25, -0.2) is 0 Å². The molecule has 1 aliphatic heterocycles. The van der Waals surface area contributed by atoms with Crippen LogP contribution in [-0.2, 0) is 24.4 Å². The van der Waals surface area contributed by atoms with E-state index in [-0.39, 0.29) is 0 Å². The lowest BCUT2D eigenvalue weighted by Crippen LogP contribution is -2.35. The standard InChI is InChI=1S/C15H21N3O2/c1-3-18-15-12(7-16-18)8-17(9-13(15)11-19-2)10-14-5-4-6-20-14/h4-7,13H,3,8-11H2,1-2H3/t13-/m0/s1. The van der Waals surface area contributed by atoms with Crippen molar-refractivity contribution in [3.05, 3.63) is 41.6 Å². The predicted octanol–water partition coefficient (Wildman–Crippen LogP) is 2.24. The quantitative estimate of drug-likeness (QED) is 0.839. The van der Waals surface area contributed by atoms with Gasteiger partial charge in [0.05, 0.1) is 25.6 Å². The lowest BCUT2D eigenvalue weighted by molar-refractivity contribution is 0.128. The first kappa shape index (κ1) is 13.4. The predicted molar refractivity (Wildman–Crippen MR) is 75.3 cm³/mol. The molecule has 108 valence electrons. The van der Waals surface area contributed by atoms with Gasteiger partial charge in [-0.2, -0.15) is 5.10 Å². The van der Waals surface area contributed by atoms with Crippen molar-refractivity contribution < 1.29 is 9.15 Å². The number of hydrogen-bond acceptors (Lipinski definition) is 4. The van der Waals surface area contributed by atoms with Gasteiger partial charge in [-0.05, 0) is 19.1 Å². The Morgan fingerprint density at radius 1 is 1.50 bits per heavy atom. The first-order chi connectivity index (χ1) is 9.81. The third-order valence-corrected chi connectivity index (χ3v) is 3.85. The smallest absolute Gasteiger partial charge is 0.117 e. The summed E-state index contributed by atoms with van der Waals surface area (Å²) in [7, 11) is 1.76. The van der Waals surface area contributed by atoms with Crippen LogP contribution in [0.25, 0.3) is 0 Å². The summed E-state index contributed by atoms with van der Waals surface area (Å²) >= 11 is 0. The van der Waals surface area contributed by atoms with E-state index in [0.717, 1.165) is 38.5 Å². The first-order valence-electron chi connectivity index (χ1n) is 7.10. The molecule has 2 aromatic rings. The van der Waals surface area contributed by atoms with E-state index in [0.29, 0.717) is 5.92 Å². The zero-order valence-electron chi connectivity index (χ0n) is 12.1. The van der Waals surface area contributed by atoms with Crippen LogP contribution in [0.15, 0.2) is 29.0 Å². The highest BCUT2D eigenvalue weighted by atomic mass is 16.5. The Morgan fingerprint density at radius 3 is 3.10 bits per heavy atom. The summed E-state index contributed by atoms with van der Waals surface area (Å²) in [6.07, 6.45) is 3.72. The third-order valence-electron chi connectivity index (χ3n) is 3.85. The van der Waals surface area contributed by atoms with Crippen molar-refractivity contribution in [1.29, 1.82) is 0 Å². The summed E-state index contributed by atoms with van der Waals surface area (Å²) in [5, 5.41) is 4.49. The van der Waals surface area contributed by atoms with E-state index in [1.807, 2.05) is 18.3 Å². The van der Waals surface area contributed by atoms with Crippen molar-refractivity contribution >= 4 is 0 Å². The molecule has 1 aliphatic rings. The van der Waals surface area contributed by atoms with Gasteiger partial charge in [0.25, 0.3) is 0 Å². The number of furan rings is 1. The van der Waals surface area contributed by atoms with Crippen LogP contribution in [0, 0.1) is 0 Å². The second-order valence-corrected chi connectivity index (χ2v) is 5.27. The Morgan fingerprint density at radius 2 is 2.40 bits per heavy atom. The average Bonchev–Trinajstić information content (AvgIpc) is 3.08. The fraction of sp³-hybridized carbons (Fsp3) is 0.533. The number of aryl methyl sites for hydroxylation is 1. The number of rotatable bonds is 5. The van der Waals surface area contributed by atoms with E-state index in [9.17, 15) is 0 Å². The Labute approximate surface area is 119 Å². The summed E-state index contributed by atoms with van der Waals surface area (Å²) in [6, 6.07) is 3.96. The highest BCUT2D eigenvalue weighted by Crippen LogP contribution is 2.29. The van der Waals surface area contributed by atoms with Crippen LogP contribution < -0.4 is 0 Å². The van der Waals surface area contributed by atoms with Crippen LogP contribution in [0.1, 0.15) is 29.9 Å². The topological polar surface area (TPSA) is 43.4 Å². The molecule has 3 rings (SSSR count). The molecule has 1 atom stereocenters. The molecule has 20 heavy (non-hydrogen) atoms. The number of nitrogens with zero attached hydrogens (tertiary/aromatic N) is 3. The highest BCUT2D eigenvalue weighted by molar-refractivity contribution is 5.25. The maximum absolute atomic E-state index is 5.45. The number of fused-ring (bicyclic) bond motifs is 1. The molecule has 0 amide bonds. The molecule has 0 bridgehead atoms. The van der Waals surface area contributed by atoms with Crippen molar-refractivity contribution in [1.82, 2.24) is 14.7 Å². The summed E-state index contributed by atoms with van der Waals surface area (Å²) in [4.78, 5) is 2.40. The maximum atomic E-state index is 5.45. The van der Waals surface area contributed by atoms with Crippen LogP contribution in [0.4, 0.5) is 0 Å². The molecule has 0 saturated carbocycles. The van der Waals surface area contributed by atoms with Gasteiger partial charge in [-0.3, -0.25) is 9.58 Å². The van der Waals surface area contributed by atoms with Crippen LogP contribution in [0.3, 0.4) is 0 Å². The number of hydrogen-bond donors (Lipinski definition) is 0. The van der Waals surface area contributed by atoms with Crippen LogP contribution in [-0.4, -0.2) is 34.9 Å². The fourth-order valence-corrected chi connectivity index (χ4v) is 3.06. The summed E-state index contributed by atoms with van der Waals surface area (Å²) in [5.41, 5.74) is 2.65. The molecule has 0 aromatic carbocycles. The second-order valence-electron chi connectivity index (χ2n) is 5.27. The largest absolute Gasteiger partial charge is 0.468 e. The van der Waals surface area contributed by atoms with Gasteiger partial charge in [0.1, 0.15) is 5.76 Å². The normalized spacial score (nSPS) is 19.2. The molecule has 0 saturated heterocycles. The van der Waals surface area contributed by atoms with Gasteiger partial charge < -0.3 is 9.15 Å².